The second-order valence-electron chi connectivity index (χ2n) is 4.08. The van der Waals surface area contributed by atoms with Crippen LogP contribution in [0.1, 0.15) is 17.0 Å². The van der Waals surface area contributed by atoms with Gasteiger partial charge in [0.05, 0.1) is 5.92 Å². The Morgan fingerprint density at radius 3 is 2.05 bits per heavy atom. The molecule has 2 aromatic carbocycles. The zero-order chi connectivity index (χ0) is 14.0. The van der Waals surface area contributed by atoms with Crippen LogP contribution in [0.15, 0.2) is 48.5 Å². The molecule has 0 aliphatic heterocycles. The molecule has 0 saturated heterocycles. The van der Waals surface area contributed by atoms with Crippen LogP contribution >= 0.6 is 46.4 Å². The zero-order valence-electron chi connectivity index (χ0n) is 9.59. The van der Waals surface area contributed by atoms with Crippen molar-refractivity contribution in [2.75, 3.05) is 0 Å². The lowest BCUT2D eigenvalue weighted by molar-refractivity contribution is 0.626. The van der Waals surface area contributed by atoms with Gasteiger partial charge < -0.3 is 0 Å². The number of hydrogen-bond donors (Lipinski definition) is 0. The number of rotatable bonds is 2. The van der Waals surface area contributed by atoms with E-state index in [-0.39, 0.29) is 5.82 Å². The van der Waals surface area contributed by atoms with E-state index in [1.165, 1.54) is 12.1 Å². The minimum absolute atomic E-state index is 0.335. The summed E-state index contributed by atoms with van der Waals surface area (Å²) in [5, 5.41) is 0.555. The van der Waals surface area contributed by atoms with Crippen LogP contribution in [0.3, 0.4) is 0 Å². The van der Waals surface area contributed by atoms with E-state index in [1.54, 1.807) is 30.3 Å². The maximum Gasteiger partial charge on any atom is 0.201 e. The van der Waals surface area contributed by atoms with Gasteiger partial charge in [0.15, 0.2) is 0 Å². The Morgan fingerprint density at radius 2 is 1.53 bits per heavy atom. The van der Waals surface area contributed by atoms with E-state index in [9.17, 15) is 4.39 Å². The highest BCUT2D eigenvalue weighted by Crippen LogP contribution is 2.45. The predicted molar refractivity (Wildman–Crippen MR) is 80.0 cm³/mol. The van der Waals surface area contributed by atoms with Crippen LogP contribution in [-0.2, 0) is 0 Å². The van der Waals surface area contributed by atoms with E-state index in [2.05, 4.69) is 0 Å². The van der Waals surface area contributed by atoms with E-state index in [1.807, 2.05) is 6.07 Å². The van der Waals surface area contributed by atoms with Gasteiger partial charge in [-0.2, -0.15) is 0 Å². The normalized spacial score (nSPS) is 13.3. The average Bonchev–Trinajstić information content (AvgIpc) is 2.30. The molecule has 0 fully saturated rings. The van der Waals surface area contributed by atoms with Crippen molar-refractivity contribution in [1.82, 2.24) is 0 Å². The monoisotopic (exact) mass is 336 g/mol. The third-order valence-corrected chi connectivity index (χ3v) is 3.60. The first kappa shape index (κ1) is 14.9. The number of halogens is 5. The predicted octanol–water partition coefficient (Wildman–Crippen LogP) is 5.98. The molecule has 0 N–H and O–H groups in total. The van der Waals surface area contributed by atoms with Crippen molar-refractivity contribution in [3.8, 4) is 0 Å². The zero-order valence-corrected chi connectivity index (χ0v) is 12.6. The summed E-state index contributed by atoms with van der Waals surface area (Å²) in [6.07, 6.45) is 0. The van der Waals surface area contributed by atoms with Crippen LogP contribution in [0.4, 0.5) is 4.39 Å². The molecular formula is C14H9Cl4F. The molecule has 0 nitrogen and oxygen atoms in total. The molecule has 1 atom stereocenters. The molecule has 0 heterocycles. The molecule has 0 radical (unpaired) electrons. The summed E-state index contributed by atoms with van der Waals surface area (Å²) in [4.78, 5) is 0. The van der Waals surface area contributed by atoms with Crippen LogP contribution in [0.25, 0.3) is 0 Å². The smallest absolute Gasteiger partial charge is 0.201 e. The summed E-state index contributed by atoms with van der Waals surface area (Å²) in [5.41, 5.74) is 1.47. The van der Waals surface area contributed by atoms with Crippen LogP contribution in [-0.4, -0.2) is 3.79 Å². The minimum atomic E-state index is -1.55. The Balaban J connectivity index is 2.51. The van der Waals surface area contributed by atoms with Crippen LogP contribution < -0.4 is 0 Å². The molecule has 100 valence electrons. The Hall–Kier alpha value is -0.470. The van der Waals surface area contributed by atoms with E-state index in [0.717, 1.165) is 5.56 Å². The molecule has 19 heavy (non-hydrogen) atoms. The van der Waals surface area contributed by atoms with Gasteiger partial charge in [0.1, 0.15) is 5.82 Å². The fourth-order valence-corrected chi connectivity index (χ4v) is 2.87. The lowest BCUT2D eigenvalue weighted by Gasteiger charge is -2.25. The van der Waals surface area contributed by atoms with E-state index >= 15 is 0 Å². The van der Waals surface area contributed by atoms with Gasteiger partial charge in [-0.1, -0.05) is 70.7 Å². The second-order valence-corrected chi connectivity index (χ2v) is 6.89. The first-order valence-corrected chi connectivity index (χ1v) is 6.97. The Labute approximate surface area is 131 Å². The molecule has 0 aliphatic rings. The molecule has 2 aromatic rings. The van der Waals surface area contributed by atoms with Crippen LogP contribution in [0.5, 0.6) is 0 Å². The lowest BCUT2D eigenvalue weighted by Crippen LogP contribution is -2.18. The molecule has 2 rings (SSSR count). The van der Waals surface area contributed by atoms with E-state index in [0.29, 0.717) is 10.6 Å². The SMILES string of the molecule is Fc1ccc(C(c2cccc(Cl)c2)C(Cl)(Cl)Cl)cc1. The Bertz CT molecular complexity index is 560. The highest BCUT2D eigenvalue weighted by atomic mass is 35.6. The van der Waals surface area contributed by atoms with Gasteiger partial charge in [-0.25, -0.2) is 4.39 Å². The Kier molecular flexibility index (Phi) is 4.62. The first-order valence-electron chi connectivity index (χ1n) is 5.45. The van der Waals surface area contributed by atoms with Crippen molar-refractivity contribution in [2.24, 2.45) is 0 Å². The molecular weight excluding hydrogens is 329 g/mol. The highest BCUT2D eigenvalue weighted by Gasteiger charge is 2.35. The lowest BCUT2D eigenvalue weighted by atomic mass is 9.92. The fraction of sp³-hybridized carbons (Fsp3) is 0.143. The summed E-state index contributed by atoms with van der Waals surface area (Å²) in [5.74, 6) is -0.852. The van der Waals surface area contributed by atoms with Crippen molar-refractivity contribution in [2.45, 2.75) is 9.71 Å². The summed E-state index contributed by atoms with van der Waals surface area (Å²) < 4.78 is 11.4. The van der Waals surface area contributed by atoms with Gasteiger partial charge >= 0.3 is 0 Å². The van der Waals surface area contributed by atoms with E-state index < -0.39 is 9.71 Å². The molecule has 0 saturated carbocycles. The van der Waals surface area contributed by atoms with Gasteiger partial charge in [0.25, 0.3) is 0 Å². The minimum Gasteiger partial charge on any atom is -0.207 e. The third-order valence-electron chi connectivity index (χ3n) is 2.71. The number of hydrogen-bond acceptors (Lipinski definition) is 0. The maximum absolute atomic E-state index is 13.0. The summed E-state index contributed by atoms with van der Waals surface area (Å²) in [6.45, 7) is 0. The van der Waals surface area contributed by atoms with Crippen molar-refractivity contribution in [3.05, 3.63) is 70.5 Å². The third kappa shape index (κ3) is 3.76. The number of benzene rings is 2. The van der Waals surface area contributed by atoms with Gasteiger partial charge in [-0.3, -0.25) is 0 Å². The topological polar surface area (TPSA) is 0 Å². The van der Waals surface area contributed by atoms with Gasteiger partial charge in [-0.15, -0.1) is 0 Å². The maximum atomic E-state index is 13.0. The van der Waals surface area contributed by atoms with Crippen molar-refractivity contribution < 1.29 is 4.39 Å². The van der Waals surface area contributed by atoms with Crippen LogP contribution in [0.2, 0.25) is 5.02 Å². The summed E-state index contributed by atoms with van der Waals surface area (Å²) in [6, 6.07) is 13.0. The van der Waals surface area contributed by atoms with Crippen LogP contribution in [0, 0.1) is 5.82 Å². The second kappa shape index (κ2) is 5.88. The first-order chi connectivity index (χ1) is 8.88. The average molecular weight is 338 g/mol. The van der Waals surface area contributed by atoms with Gasteiger partial charge in [0.2, 0.25) is 3.79 Å². The largest absolute Gasteiger partial charge is 0.207 e. The van der Waals surface area contributed by atoms with Crippen molar-refractivity contribution in [1.29, 1.82) is 0 Å². The summed E-state index contributed by atoms with van der Waals surface area (Å²) in [7, 11) is 0. The van der Waals surface area contributed by atoms with Crippen molar-refractivity contribution in [3.63, 3.8) is 0 Å². The summed E-state index contributed by atoms with van der Waals surface area (Å²) >= 11 is 24.1. The Morgan fingerprint density at radius 1 is 0.895 bits per heavy atom. The standard InChI is InChI=1S/C14H9Cl4F/c15-11-3-1-2-10(8-11)13(14(16,17)18)9-4-6-12(19)7-5-9/h1-8,13H. The van der Waals surface area contributed by atoms with E-state index in [4.69, 9.17) is 46.4 Å². The molecule has 0 aromatic heterocycles. The molecule has 0 spiro atoms. The van der Waals surface area contributed by atoms with Gasteiger partial charge in [-0.05, 0) is 35.4 Å². The van der Waals surface area contributed by atoms with Gasteiger partial charge in [0, 0.05) is 5.02 Å². The highest BCUT2D eigenvalue weighted by molar-refractivity contribution is 6.68. The number of alkyl halides is 3. The molecule has 0 aliphatic carbocycles. The molecule has 1 unspecified atom stereocenters. The van der Waals surface area contributed by atoms with Crippen molar-refractivity contribution >= 4 is 46.4 Å². The molecule has 0 bridgehead atoms. The fourth-order valence-electron chi connectivity index (χ4n) is 1.91. The molecule has 0 amide bonds. The molecule has 5 heteroatoms. The quantitative estimate of drug-likeness (QED) is 0.591.